The Morgan fingerprint density at radius 3 is 3.31 bits per heavy atom. The smallest absolute Gasteiger partial charge is 0.153 e. The van der Waals surface area contributed by atoms with Crippen LogP contribution in [0.1, 0.15) is 0 Å². The second-order valence-electron chi connectivity index (χ2n) is 2.29. The number of nitrogens with zero attached hydrogens (tertiary/aromatic N) is 2. The summed E-state index contributed by atoms with van der Waals surface area (Å²) in [7, 11) is 0. The lowest BCUT2D eigenvalue weighted by Gasteiger charge is -1.84. The molecule has 2 aromatic rings. The topological polar surface area (TPSA) is 42.9 Å². The lowest BCUT2D eigenvalue weighted by atomic mass is 10.5. The van der Waals surface area contributed by atoms with Crippen molar-refractivity contribution in [1.82, 2.24) is 9.97 Å². The Balaban J connectivity index is 2.32. The second-order valence-corrected chi connectivity index (χ2v) is 4.53. The molecule has 0 N–H and O–H groups in total. The number of carbonyl (C=O) groups is 1. The van der Waals surface area contributed by atoms with E-state index in [4.69, 9.17) is 0 Å². The molecular weight excluding hydrogens is 204 g/mol. The number of fused-ring (bicyclic) bond motifs is 1. The van der Waals surface area contributed by atoms with Gasteiger partial charge in [-0.2, -0.15) is 0 Å². The van der Waals surface area contributed by atoms with Gasteiger partial charge in [0, 0.05) is 6.20 Å². The first-order valence-corrected chi connectivity index (χ1v) is 5.48. The number of thioether (sulfide) groups is 1. The molecule has 0 atom stereocenters. The largest absolute Gasteiger partial charge is 0.302 e. The van der Waals surface area contributed by atoms with E-state index in [1.165, 1.54) is 23.1 Å². The molecule has 2 aromatic heterocycles. The predicted molar refractivity (Wildman–Crippen MR) is 54.2 cm³/mol. The molecule has 0 aliphatic heterocycles. The van der Waals surface area contributed by atoms with Gasteiger partial charge in [0.2, 0.25) is 0 Å². The molecule has 0 radical (unpaired) electrons. The molecule has 0 aliphatic rings. The summed E-state index contributed by atoms with van der Waals surface area (Å²) in [6, 6.07) is 3.78. The number of aldehydes is 1. The Bertz CT molecular complexity index is 394. The summed E-state index contributed by atoms with van der Waals surface area (Å²) < 4.78 is 0.904. The molecule has 0 spiro atoms. The number of aromatic nitrogens is 2. The van der Waals surface area contributed by atoms with Crippen LogP contribution in [0.5, 0.6) is 0 Å². The van der Waals surface area contributed by atoms with Crippen molar-refractivity contribution in [1.29, 1.82) is 0 Å². The standard InChI is InChI=1S/C8H6N2OS2/c11-4-5-12-8-10-6-2-1-3-9-7(6)13-8/h1-4H,5H2. The quantitative estimate of drug-likeness (QED) is 0.574. The van der Waals surface area contributed by atoms with Crippen molar-refractivity contribution >= 4 is 39.7 Å². The monoisotopic (exact) mass is 210 g/mol. The molecule has 0 aliphatic carbocycles. The number of carbonyl (C=O) groups excluding carboxylic acids is 1. The first kappa shape index (κ1) is 8.65. The maximum absolute atomic E-state index is 10.1. The van der Waals surface area contributed by atoms with E-state index in [0.717, 1.165) is 21.0 Å². The number of hydrogen-bond donors (Lipinski definition) is 0. The summed E-state index contributed by atoms with van der Waals surface area (Å²) in [6.45, 7) is 0. The van der Waals surface area contributed by atoms with Gasteiger partial charge in [0.15, 0.2) is 4.34 Å². The maximum Gasteiger partial charge on any atom is 0.153 e. The van der Waals surface area contributed by atoms with Crippen LogP contribution in [0, 0.1) is 0 Å². The van der Waals surface area contributed by atoms with Crippen LogP contribution in [0.15, 0.2) is 22.7 Å². The lowest BCUT2D eigenvalue weighted by Crippen LogP contribution is -1.76. The Kier molecular flexibility index (Phi) is 2.56. The van der Waals surface area contributed by atoms with E-state index in [0.29, 0.717) is 5.75 Å². The van der Waals surface area contributed by atoms with Crippen molar-refractivity contribution in [2.45, 2.75) is 4.34 Å². The Morgan fingerprint density at radius 2 is 2.54 bits per heavy atom. The Labute approximate surface area is 83.2 Å². The van der Waals surface area contributed by atoms with Crippen molar-refractivity contribution in [2.75, 3.05) is 5.75 Å². The minimum atomic E-state index is 0.458. The van der Waals surface area contributed by atoms with E-state index in [1.54, 1.807) is 6.20 Å². The fraction of sp³-hybridized carbons (Fsp3) is 0.125. The van der Waals surface area contributed by atoms with Crippen LogP contribution in [0.2, 0.25) is 0 Å². The normalized spacial score (nSPS) is 10.5. The van der Waals surface area contributed by atoms with E-state index in [9.17, 15) is 4.79 Å². The van der Waals surface area contributed by atoms with Crippen LogP contribution in [0.4, 0.5) is 0 Å². The van der Waals surface area contributed by atoms with E-state index in [2.05, 4.69) is 9.97 Å². The zero-order valence-corrected chi connectivity index (χ0v) is 8.27. The van der Waals surface area contributed by atoms with Crippen molar-refractivity contribution in [3.63, 3.8) is 0 Å². The molecule has 5 heteroatoms. The van der Waals surface area contributed by atoms with E-state index < -0.39 is 0 Å². The van der Waals surface area contributed by atoms with Gasteiger partial charge >= 0.3 is 0 Å². The first-order valence-electron chi connectivity index (χ1n) is 3.68. The van der Waals surface area contributed by atoms with Crippen molar-refractivity contribution in [3.05, 3.63) is 18.3 Å². The molecule has 0 bridgehead atoms. The molecule has 0 saturated carbocycles. The van der Waals surface area contributed by atoms with Crippen molar-refractivity contribution in [3.8, 4) is 0 Å². The molecule has 13 heavy (non-hydrogen) atoms. The van der Waals surface area contributed by atoms with Gasteiger partial charge in [-0.1, -0.05) is 23.1 Å². The molecule has 0 saturated heterocycles. The third-order valence-corrected chi connectivity index (χ3v) is 3.44. The highest BCUT2D eigenvalue weighted by Gasteiger charge is 2.03. The number of hydrogen-bond acceptors (Lipinski definition) is 5. The zero-order valence-electron chi connectivity index (χ0n) is 6.64. The third-order valence-electron chi connectivity index (χ3n) is 1.42. The highest BCUT2D eigenvalue weighted by molar-refractivity contribution is 8.01. The highest BCUT2D eigenvalue weighted by Crippen LogP contribution is 2.27. The van der Waals surface area contributed by atoms with E-state index >= 15 is 0 Å². The summed E-state index contributed by atoms with van der Waals surface area (Å²) in [5.74, 6) is 0.458. The molecule has 2 rings (SSSR count). The molecule has 0 aromatic carbocycles. The van der Waals surface area contributed by atoms with Gasteiger partial charge in [0.25, 0.3) is 0 Å². The minimum Gasteiger partial charge on any atom is -0.302 e. The van der Waals surface area contributed by atoms with Gasteiger partial charge in [-0.3, -0.25) is 0 Å². The van der Waals surface area contributed by atoms with Crippen molar-refractivity contribution in [2.24, 2.45) is 0 Å². The minimum absolute atomic E-state index is 0.458. The lowest BCUT2D eigenvalue weighted by molar-refractivity contribution is -0.105. The number of pyridine rings is 1. The van der Waals surface area contributed by atoms with E-state index in [-0.39, 0.29) is 0 Å². The van der Waals surface area contributed by atoms with Gasteiger partial charge in [0.05, 0.1) is 5.75 Å². The van der Waals surface area contributed by atoms with Crippen LogP contribution in [0.3, 0.4) is 0 Å². The summed E-state index contributed by atoms with van der Waals surface area (Å²) >= 11 is 2.96. The van der Waals surface area contributed by atoms with Gasteiger partial charge in [0.1, 0.15) is 16.6 Å². The third kappa shape index (κ3) is 1.87. The van der Waals surface area contributed by atoms with Crippen LogP contribution >= 0.6 is 23.1 Å². The molecular formula is C8H6N2OS2. The van der Waals surface area contributed by atoms with E-state index in [1.807, 2.05) is 12.1 Å². The van der Waals surface area contributed by atoms with Crippen molar-refractivity contribution < 1.29 is 4.79 Å². The summed E-state index contributed by atoms with van der Waals surface area (Å²) in [6.07, 6.45) is 2.62. The predicted octanol–water partition coefficient (Wildman–Crippen LogP) is 1.98. The molecule has 2 heterocycles. The number of thiazole rings is 1. The molecule has 66 valence electrons. The average molecular weight is 210 g/mol. The second kappa shape index (κ2) is 3.85. The van der Waals surface area contributed by atoms with Gasteiger partial charge in [-0.15, -0.1) is 0 Å². The summed E-state index contributed by atoms with van der Waals surface area (Å²) in [5, 5.41) is 0. The number of rotatable bonds is 3. The zero-order chi connectivity index (χ0) is 9.10. The summed E-state index contributed by atoms with van der Waals surface area (Å²) in [4.78, 5) is 19.5. The maximum atomic E-state index is 10.1. The van der Waals surface area contributed by atoms with Gasteiger partial charge < -0.3 is 4.79 Å². The Hall–Kier alpha value is -0.940. The fourth-order valence-electron chi connectivity index (χ4n) is 0.917. The highest BCUT2D eigenvalue weighted by atomic mass is 32.2. The molecule has 0 amide bonds. The van der Waals surface area contributed by atoms with Gasteiger partial charge in [-0.05, 0) is 12.1 Å². The molecule has 0 unspecified atom stereocenters. The van der Waals surface area contributed by atoms with Crippen LogP contribution in [0.25, 0.3) is 10.3 Å². The van der Waals surface area contributed by atoms with Crippen LogP contribution in [-0.2, 0) is 4.79 Å². The van der Waals surface area contributed by atoms with Gasteiger partial charge in [-0.25, -0.2) is 9.97 Å². The molecule has 3 nitrogen and oxygen atoms in total. The molecule has 0 fully saturated rings. The fourth-order valence-corrected chi connectivity index (χ4v) is 2.61. The SMILES string of the molecule is O=CCSc1nc2cccnc2s1. The first-order chi connectivity index (χ1) is 6.40. The van der Waals surface area contributed by atoms with Crippen LogP contribution in [-0.4, -0.2) is 22.0 Å². The summed E-state index contributed by atoms with van der Waals surface area (Å²) in [5.41, 5.74) is 0.904. The van der Waals surface area contributed by atoms with Crippen LogP contribution < -0.4 is 0 Å². The Morgan fingerprint density at radius 1 is 1.62 bits per heavy atom. The average Bonchev–Trinajstić information content (AvgIpc) is 2.57.